The number of carbonyl (C=O) groups is 1. The SMILES string of the molecule is CCC(Sc1cc(C)c(Cc2ccc(Cl)cc2)[nH]1)C(=O)OC. The number of carbonyl (C=O) groups excluding carboxylic acids is 1. The van der Waals surface area contributed by atoms with Gasteiger partial charge in [0.15, 0.2) is 0 Å². The van der Waals surface area contributed by atoms with Crippen molar-refractivity contribution in [3.8, 4) is 0 Å². The molecule has 118 valence electrons. The minimum absolute atomic E-state index is 0.175. The maximum atomic E-state index is 11.7. The highest BCUT2D eigenvalue weighted by Crippen LogP contribution is 2.28. The molecule has 5 heteroatoms. The summed E-state index contributed by atoms with van der Waals surface area (Å²) in [6.45, 7) is 4.06. The number of esters is 1. The number of rotatable bonds is 6. The van der Waals surface area contributed by atoms with Crippen LogP contribution in [0.4, 0.5) is 0 Å². The van der Waals surface area contributed by atoms with Gasteiger partial charge in [-0.2, -0.15) is 0 Å². The van der Waals surface area contributed by atoms with Gasteiger partial charge in [0.25, 0.3) is 0 Å². The zero-order valence-electron chi connectivity index (χ0n) is 13.0. The molecule has 1 N–H and O–H groups in total. The zero-order chi connectivity index (χ0) is 16.1. The fourth-order valence-electron chi connectivity index (χ4n) is 2.20. The van der Waals surface area contributed by atoms with Crippen molar-refractivity contribution in [3.63, 3.8) is 0 Å². The van der Waals surface area contributed by atoms with Crippen LogP contribution in [0.25, 0.3) is 0 Å². The third-order valence-electron chi connectivity index (χ3n) is 3.50. The molecule has 0 fully saturated rings. The van der Waals surface area contributed by atoms with Crippen LogP contribution in [0, 0.1) is 6.92 Å². The number of nitrogens with one attached hydrogen (secondary N) is 1. The molecule has 1 aromatic heterocycles. The number of aryl methyl sites for hydroxylation is 1. The third-order valence-corrected chi connectivity index (χ3v) is 5.03. The largest absolute Gasteiger partial charge is 0.468 e. The van der Waals surface area contributed by atoms with E-state index in [9.17, 15) is 4.79 Å². The van der Waals surface area contributed by atoms with Gasteiger partial charge in [-0.3, -0.25) is 4.79 Å². The van der Waals surface area contributed by atoms with Gasteiger partial charge >= 0.3 is 5.97 Å². The van der Waals surface area contributed by atoms with Crippen LogP contribution in [0.5, 0.6) is 0 Å². The van der Waals surface area contributed by atoms with Crippen molar-refractivity contribution in [1.29, 1.82) is 0 Å². The molecule has 0 aliphatic rings. The summed E-state index contributed by atoms with van der Waals surface area (Å²) in [6.07, 6.45) is 1.56. The fraction of sp³-hybridized carbons (Fsp3) is 0.353. The molecule has 0 saturated heterocycles. The first-order chi connectivity index (χ1) is 10.5. The number of hydrogen-bond acceptors (Lipinski definition) is 3. The molecule has 1 atom stereocenters. The number of benzene rings is 1. The highest BCUT2D eigenvalue weighted by atomic mass is 35.5. The number of hydrogen-bond donors (Lipinski definition) is 1. The molecule has 1 unspecified atom stereocenters. The molecule has 0 aliphatic carbocycles. The number of aromatic nitrogens is 1. The van der Waals surface area contributed by atoms with Crippen LogP contribution in [0.15, 0.2) is 35.4 Å². The monoisotopic (exact) mass is 337 g/mol. The molecule has 2 rings (SSSR count). The van der Waals surface area contributed by atoms with Crippen LogP contribution in [0.3, 0.4) is 0 Å². The molecular formula is C17H20ClNO2S. The van der Waals surface area contributed by atoms with E-state index in [4.69, 9.17) is 16.3 Å². The van der Waals surface area contributed by atoms with E-state index >= 15 is 0 Å². The second-order valence-electron chi connectivity index (χ2n) is 5.14. The Hall–Kier alpha value is -1.39. The van der Waals surface area contributed by atoms with E-state index < -0.39 is 0 Å². The van der Waals surface area contributed by atoms with Crippen LogP contribution in [-0.4, -0.2) is 23.3 Å². The first-order valence-electron chi connectivity index (χ1n) is 7.21. The van der Waals surface area contributed by atoms with Gasteiger partial charge < -0.3 is 9.72 Å². The van der Waals surface area contributed by atoms with E-state index in [2.05, 4.69) is 18.0 Å². The maximum absolute atomic E-state index is 11.7. The van der Waals surface area contributed by atoms with Gasteiger partial charge in [0.2, 0.25) is 0 Å². The molecule has 0 bridgehead atoms. The fourth-order valence-corrected chi connectivity index (χ4v) is 3.42. The molecule has 22 heavy (non-hydrogen) atoms. The molecule has 0 aliphatic heterocycles. The zero-order valence-corrected chi connectivity index (χ0v) is 14.6. The molecule has 1 aromatic carbocycles. The lowest BCUT2D eigenvalue weighted by Gasteiger charge is -2.10. The lowest BCUT2D eigenvalue weighted by Crippen LogP contribution is -2.17. The molecule has 0 amide bonds. The predicted molar refractivity (Wildman–Crippen MR) is 91.7 cm³/mol. The average molecular weight is 338 g/mol. The van der Waals surface area contributed by atoms with Crippen molar-refractivity contribution in [1.82, 2.24) is 4.98 Å². The van der Waals surface area contributed by atoms with Gasteiger partial charge in [-0.15, -0.1) is 0 Å². The molecule has 2 aromatic rings. The van der Waals surface area contributed by atoms with Crippen LogP contribution < -0.4 is 0 Å². The molecule has 0 saturated carbocycles. The standard InChI is InChI=1S/C17H20ClNO2S/c1-4-15(17(20)21-3)22-16-9-11(2)14(19-16)10-12-5-7-13(18)8-6-12/h5-9,15,19H,4,10H2,1-3H3. The van der Waals surface area contributed by atoms with Gasteiger partial charge in [0.05, 0.1) is 12.1 Å². The first-order valence-corrected chi connectivity index (χ1v) is 8.46. The molecule has 3 nitrogen and oxygen atoms in total. The Morgan fingerprint density at radius 3 is 2.64 bits per heavy atom. The average Bonchev–Trinajstić information content (AvgIpc) is 2.86. The summed E-state index contributed by atoms with van der Waals surface area (Å²) in [7, 11) is 1.43. The second kappa shape index (κ2) is 7.75. The Bertz CT molecular complexity index is 637. The van der Waals surface area contributed by atoms with E-state index in [0.29, 0.717) is 0 Å². The lowest BCUT2D eigenvalue weighted by molar-refractivity contribution is -0.140. The van der Waals surface area contributed by atoms with Crippen LogP contribution in [0.2, 0.25) is 5.02 Å². The third kappa shape index (κ3) is 4.31. The Labute approximate surface area is 140 Å². The van der Waals surface area contributed by atoms with Gasteiger partial charge in [-0.25, -0.2) is 0 Å². The minimum atomic E-state index is -0.181. The van der Waals surface area contributed by atoms with Crippen LogP contribution in [-0.2, 0) is 16.0 Å². The van der Waals surface area contributed by atoms with Gasteiger partial charge in [-0.1, -0.05) is 42.4 Å². The normalized spacial score (nSPS) is 12.2. The van der Waals surface area contributed by atoms with Gasteiger partial charge in [0, 0.05) is 17.1 Å². The van der Waals surface area contributed by atoms with Crippen molar-refractivity contribution < 1.29 is 9.53 Å². The quantitative estimate of drug-likeness (QED) is 0.618. The van der Waals surface area contributed by atoms with Crippen LogP contribution in [0.1, 0.15) is 30.2 Å². The topological polar surface area (TPSA) is 42.1 Å². The Balaban J connectivity index is 2.10. The van der Waals surface area contributed by atoms with E-state index in [0.717, 1.165) is 28.6 Å². The van der Waals surface area contributed by atoms with E-state index in [1.165, 1.54) is 30.0 Å². The number of halogens is 1. The van der Waals surface area contributed by atoms with Gasteiger partial charge in [0.1, 0.15) is 5.25 Å². The smallest absolute Gasteiger partial charge is 0.319 e. The summed E-state index contributed by atoms with van der Waals surface area (Å²) < 4.78 is 4.83. The Kier molecular flexibility index (Phi) is 5.98. The summed E-state index contributed by atoms with van der Waals surface area (Å²) in [4.78, 5) is 15.1. The molecule has 0 radical (unpaired) electrons. The van der Waals surface area contributed by atoms with Crippen molar-refractivity contribution >= 4 is 29.3 Å². The minimum Gasteiger partial charge on any atom is -0.468 e. The van der Waals surface area contributed by atoms with Crippen molar-refractivity contribution in [2.24, 2.45) is 0 Å². The summed E-state index contributed by atoms with van der Waals surface area (Å²) in [5, 5.41) is 1.57. The Morgan fingerprint density at radius 2 is 2.05 bits per heavy atom. The first kappa shape index (κ1) is 17.0. The second-order valence-corrected chi connectivity index (χ2v) is 6.82. The molecule has 0 spiro atoms. The van der Waals surface area contributed by atoms with E-state index in [-0.39, 0.29) is 11.2 Å². The number of H-pyrrole nitrogens is 1. The number of methoxy groups -OCH3 is 1. The lowest BCUT2D eigenvalue weighted by atomic mass is 10.1. The molecular weight excluding hydrogens is 318 g/mol. The Morgan fingerprint density at radius 1 is 1.36 bits per heavy atom. The number of thioether (sulfide) groups is 1. The summed E-state index contributed by atoms with van der Waals surface area (Å²) in [6, 6.07) is 9.93. The molecule has 1 heterocycles. The highest BCUT2D eigenvalue weighted by molar-refractivity contribution is 8.00. The predicted octanol–water partition coefficient (Wildman–Crippen LogP) is 4.61. The highest BCUT2D eigenvalue weighted by Gasteiger charge is 2.19. The maximum Gasteiger partial charge on any atom is 0.319 e. The number of aromatic amines is 1. The summed E-state index contributed by atoms with van der Waals surface area (Å²) >= 11 is 7.43. The van der Waals surface area contributed by atoms with Crippen LogP contribution >= 0.6 is 23.4 Å². The van der Waals surface area contributed by atoms with E-state index in [1.807, 2.05) is 31.2 Å². The van der Waals surface area contributed by atoms with E-state index in [1.54, 1.807) is 0 Å². The van der Waals surface area contributed by atoms with Crippen molar-refractivity contribution in [2.75, 3.05) is 7.11 Å². The summed E-state index contributed by atoms with van der Waals surface area (Å²) in [5.41, 5.74) is 3.55. The van der Waals surface area contributed by atoms with Crippen molar-refractivity contribution in [3.05, 3.63) is 52.2 Å². The summed E-state index contributed by atoms with van der Waals surface area (Å²) in [5.74, 6) is -0.181. The van der Waals surface area contributed by atoms with Crippen molar-refractivity contribution in [2.45, 2.75) is 37.0 Å². The van der Waals surface area contributed by atoms with Gasteiger partial charge in [-0.05, 0) is 42.7 Å². The number of ether oxygens (including phenoxy) is 1.